The van der Waals surface area contributed by atoms with Gasteiger partial charge in [0.25, 0.3) is 0 Å². The Bertz CT molecular complexity index is 1280. The first-order valence-corrected chi connectivity index (χ1v) is 13.3. The molecule has 0 radical (unpaired) electrons. The summed E-state index contributed by atoms with van der Waals surface area (Å²) in [6.07, 6.45) is 2.23. The van der Waals surface area contributed by atoms with Gasteiger partial charge in [0.05, 0.1) is 5.69 Å². The SMILES string of the molecule is CCC(Oc1cccc2c1CCc1sc(NCCC(c3ccccc3)c3ccccc3)nc1-2)C(=O)O. The van der Waals surface area contributed by atoms with Crippen molar-refractivity contribution in [3.05, 3.63) is 100 Å². The van der Waals surface area contributed by atoms with Crippen molar-refractivity contribution in [2.75, 3.05) is 11.9 Å². The van der Waals surface area contributed by atoms with E-state index in [2.05, 4.69) is 72.0 Å². The van der Waals surface area contributed by atoms with Crippen molar-refractivity contribution in [2.45, 2.75) is 44.6 Å². The number of nitrogens with zero attached hydrogens (tertiary/aromatic N) is 1. The Morgan fingerprint density at radius 2 is 1.69 bits per heavy atom. The number of aromatic nitrogens is 1. The second-order valence-electron chi connectivity index (χ2n) is 9.02. The molecule has 5 rings (SSSR count). The Morgan fingerprint density at radius 1 is 1.00 bits per heavy atom. The highest BCUT2D eigenvalue weighted by molar-refractivity contribution is 7.16. The van der Waals surface area contributed by atoms with E-state index in [-0.39, 0.29) is 0 Å². The van der Waals surface area contributed by atoms with Crippen LogP contribution in [0, 0.1) is 0 Å². The molecule has 2 N–H and O–H groups in total. The molecule has 0 spiro atoms. The van der Waals surface area contributed by atoms with Gasteiger partial charge in [-0.1, -0.05) is 79.7 Å². The molecule has 0 saturated carbocycles. The van der Waals surface area contributed by atoms with Crippen molar-refractivity contribution in [3.63, 3.8) is 0 Å². The molecule has 184 valence electrons. The van der Waals surface area contributed by atoms with Gasteiger partial charge in [0.2, 0.25) is 0 Å². The van der Waals surface area contributed by atoms with Gasteiger partial charge in [0, 0.05) is 28.5 Å². The first kappa shape index (κ1) is 24.1. The number of carboxylic acids is 1. The summed E-state index contributed by atoms with van der Waals surface area (Å²) < 4.78 is 5.88. The van der Waals surface area contributed by atoms with Crippen LogP contribution in [0.1, 0.15) is 47.3 Å². The van der Waals surface area contributed by atoms with E-state index in [9.17, 15) is 9.90 Å². The molecule has 5 nitrogen and oxygen atoms in total. The van der Waals surface area contributed by atoms with Crippen molar-refractivity contribution >= 4 is 22.4 Å². The van der Waals surface area contributed by atoms with Crippen LogP contribution < -0.4 is 10.1 Å². The maximum atomic E-state index is 11.5. The Morgan fingerprint density at radius 3 is 2.33 bits per heavy atom. The van der Waals surface area contributed by atoms with Crippen LogP contribution in [0.15, 0.2) is 78.9 Å². The van der Waals surface area contributed by atoms with Gasteiger partial charge in [0.1, 0.15) is 5.75 Å². The van der Waals surface area contributed by atoms with Gasteiger partial charge in [-0.25, -0.2) is 9.78 Å². The fourth-order valence-electron chi connectivity index (χ4n) is 4.88. The molecule has 1 aliphatic rings. The molecule has 1 heterocycles. The van der Waals surface area contributed by atoms with Gasteiger partial charge in [-0.2, -0.15) is 0 Å². The number of hydrogen-bond acceptors (Lipinski definition) is 5. The lowest BCUT2D eigenvalue weighted by atomic mass is 9.88. The van der Waals surface area contributed by atoms with Crippen molar-refractivity contribution in [1.29, 1.82) is 0 Å². The van der Waals surface area contributed by atoms with Gasteiger partial charge in [-0.05, 0) is 42.9 Å². The highest BCUT2D eigenvalue weighted by Gasteiger charge is 2.26. The van der Waals surface area contributed by atoms with E-state index in [4.69, 9.17) is 9.72 Å². The predicted octanol–water partition coefficient (Wildman–Crippen LogP) is 6.78. The predicted molar refractivity (Wildman–Crippen MR) is 145 cm³/mol. The lowest BCUT2D eigenvalue weighted by molar-refractivity contribution is -0.145. The van der Waals surface area contributed by atoms with Crippen LogP contribution in [0.5, 0.6) is 5.75 Å². The maximum Gasteiger partial charge on any atom is 0.344 e. The van der Waals surface area contributed by atoms with E-state index in [1.807, 2.05) is 19.1 Å². The number of hydrogen-bond donors (Lipinski definition) is 2. The summed E-state index contributed by atoms with van der Waals surface area (Å²) >= 11 is 1.71. The number of anilines is 1. The smallest absolute Gasteiger partial charge is 0.344 e. The minimum Gasteiger partial charge on any atom is -0.479 e. The van der Waals surface area contributed by atoms with Crippen LogP contribution in [-0.2, 0) is 17.6 Å². The zero-order valence-electron chi connectivity index (χ0n) is 20.3. The fourth-order valence-corrected chi connectivity index (χ4v) is 5.88. The van der Waals surface area contributed by atoms with Crippen LogP contribution in [0.4, 0.5) is 5.13 Å². The number of aliphatic carboxylic acids is 1. The van der Waals surface area contributed by atoms with Gasteiger partial charge in [-0.15, -0.1) is 11.3 Å². The molecule has 6 heteroatoms. The Labute approximate surface area is 215 Å². The second-order valence-corrected chi connectivity index (χ2v) is 10.1. The molecule has 0 fully saturated rings. The average Bonchev–Trinajstić information content (AvgIpc) is 3.34. The molecule has 1 atom stereocenters. The lowest BCUT2D eigenvalue weighted by Crippen LogP contribution is -2.26. The van der Waals surface area contributed by atoms with E-state index >= 15 is 0 Å². The third-order valence-electron chi connectivity index (χ3n) is 6.72. The fraction of sp³-hybridized carbons (Fsp3) is 0.267. The zero-order chi connectivity index (χ0) is 24.9. The molecule has 4 aromatic rings. The van der Waals surface area contributed by atoms with E-state index < -0.39 is 12.1 Å². The van der Waals surface area contributed by atoms with Crippen LogP contribution in [0.2, 0.25) is 0 Å². The third kappa shape index (κ3) is 5.14. The maximum absolute atomic E-state index is 11.5. The number of benzene rings is 3. The van der Waals surface area contributed by atoms with Gasteiger partial charge < -0.3 is 15.2 Å². The normalized spacial score (nSPS) is 13.1. The summed E-state index contributed by atoms with van der Waals surface area (Å²) in [5.74, 6) is 0.0372. The van der Waals surface area contributed by atoms with Crippen LogP contribution in [0.25, 0.3) is 11.3 Å². The highest BCUT2D eigenvalue weighted by Crippen LogP contribution is 2.42. The first-order valence-electron chi connectivity index (χ1n) is 12.5. The van der Waals surface area contributed by atoms with Crippen molar-refractivity contribution in [1.82, 2.24) is 4.98 Å². The minimum atomic E-state index is -0.934. The Balaban J connectivity index is 1.32. The summed E-state index contributed by atoms with van der Waals surface area (Å²) in [5, 5.41) is 13.9. The molecule has 0 aliphatic heterocycles. The number of carbonyl (C=O) groups is 1. The number of ether oxygens (including phenoxy) is 1. The molecule has 36 heavy (non-hydrogen) atoms. The largest absolute Gasteiger partial charge is 0.479 e. The topological polar surface area (TPSA) is 71.5 Å². The van der Waals surface area contributed by atoms with Crippen LogP contribution in [0.3, 0.4) is 0 Å². The zero-order valence-corrected chi connectivity index (χ0v) is 21.1. The van der Waals surface area contributed by atoms with Crippen molar-refractivity contribution in [2.24, 2.45) is 0 Å². The molecule has 3 aromatic carbocycles. The molecule has 0 amide bonds. The molecular weight excluding hydrogens is 468 g/mol. The minimum absolute atomic E-state index is 0.315. The average molecular weight is 499 g/mol. The summed E-state index contributed by atoms with van der Waals surface area (Å²) in [4.78, 5) is 17.7. The number of fused-ring (bicyclic) bond motifs is 3. The highest BCUT2D eigenvalue weighted by atomic mass is 32.1. The molecule has 1 unspecified atom stereocenters. The van der Waals surface area contributed by atoms with Gasteiger partial charge in [0.15, 0.2) is 11.2 Å². The second kappa shape index (κ2) is 11.0. The van der Waals surface area contributed by atoms with E-state index in [0.717, 1.165) is 47.8 Å². The number of rotatable bonds is 10. The molecule has 0 bridgehead atoms. The number of thiazole rings is 1. The Kier molecular flexibility index (Phi) is 7.33. The summed E-state index contributed by atoms with van der Waals surface area (Å²) in [6, 6.07) is 27.2. The summed E-state index contributed by atoms with van der Waals surface area (Å²) in [7, 11) is 0. The Hall–Kier alpha value is -3.64. The van der Waals surface area contributed by atoms with Crippen molar-refractivity contribution < 1.29 is 14.6 Å². The number of carboxylic acid groups (broad SMARTS) is 1. The van der Waals surface area contributed by atoms with Crippen LogP contribution in [-0.4, -0.2) is 28.7 Å². The van der Waals surface area contributed by atoms with E-state index in [1.165, 1.54) is 16.0 Å². The summed E-state index contributed by atoms with van der Waals surface area (Å²) in [6.45, 7) is 2.64. The monoisotopic (exact) mass is 498 g/mol. The standard InChI is InChI=1S/C30H30N2O3S/c1-2-25(29(33)34)35-26-15-9-14-24-23(26)16-17-27-28(24)32-30(36-27)31-19-18-22(20-10-5-3-6-11-20)21-12-7-4-8-13-21/h3-15,22,25H,2,16-19H2,1H3,(H,31,32)(H,33,34). The molecule has 1 aliphatic carbocycles. The lowest BCUT2D eigenvalue weighted by Gasteiger charge is -2.21. The number of nitrogens with one attached hydrogen (secondary N) is 1. The van der Waals surface area contributed by atoms with E-state index in [0.29, 0.717) is 18.1 Å². The molecular formula is C30H30N2O3S. The molecule has 0 saturated heterocycles. The summed E-state index contributed by atoms with van der Waals surface area (Å²) in [5.41, 5.74) is 5.72. The number of aryl methyl sites for hydroxylation is 1. The quantitative estimate of drug-likeness (QED) is 0.252. The van der Waals surface area contributed by atoms with Crippen LogP contribution >= 0.6 is 11.3 Å². The van der Waals surface area contributed by atoms with Crippen molar-refractivity contribution in [3.8, 4) is 17.0 Å². The van der Waals surface area contributed by atoms with Gasteiger partial charge in [-0.3, -0.25) is 0 Å². The first-order chi connectivity index (χ1) is 17.6. The third-order valence-corrected chi connectivity index (χ3v) is 7.79. The van der Waals surface area contributed by atoms with E-state index in [1.54, 1.807) is 11.3 Å². The molecule has 1 aromatic heterocycles. The van der Waals surface area contributed by atoms with Gasteiger partial charge >= 0.3 is 5.97 Å².